The van der Waals surface area contributed by atoms with Gasteiger partial charge >= 0.3 is 0 Å². The predicted octanol–water partition coefficient (Wildman–Crippen LogP) is 1.51. The molecule has 0 fully saturated rings. The molecule has 0 unspecified atom stereocenters. The van der Waals surface area contributed by atoms with Crippen molar-refractivity contribution >= 4 is 28.1 Å². The van der Waals surface area contributed by atoms with Gasteiger partial charge in [0, 0.05) is 6.92 Å². The second kappa shape index (κ2) is 4.06. The minimum absolute atomic E-state index is 0.211. The number of nitrogens with zero attached hydrogens (tertiary/aromatic N) is 1. The molecule has 0 atom stereocenters. The normalized spacial score (nSPS) is 10.5. The Morgan fingerprint density at radius 1 is 1.75 bits per heavy atom. The summed E-state index contributed by atoms with van der Waals surface area (Å²) < 4.78 is 5.71. The summed E-state index contributed by atoms with van der Waals surface area (Å²) in [5.41, 5.74) is 2.26. The summed E-state index contributed by atoms with van der Waals surface area (Å²) in [6.07, 6.45) is 1.42. The van der Waals surface area contributed by atoms with Crippen molar-refractivity contribution in [2.45, 2.75) is 6.92 Å². The summed E-state index contributed by atoms with van der Waals surface area (Å²) >= 11 is 3.14. The van der Waals surface area contributed by atoms with Gasteiger partial charge in [-0.3, -0.25) is 4.79 Å². The topological polar surface area (TPSA) is 54.6 Å². The van der Waals surface area contributed by atoms with Crippen LogP contribution in [0.1, 0.15) is 12.7 Å². The Morgan fingerprint density at radius 3 is 3.00 bits per heavy atom. The highest BCUT2D eigenvalue weighted by molar-refractivity contribution is 9.10. The molecule has 0 saturated carbocycles. The van der Waals surface area contributed by atoms with E-state index in [1.165, 1.54) is 13.1 Å². The lowest BCUT2D eigenvalue weighted by molar-refractivity contribution is -0.118. The molecule has 5 heteroatoms. The van der Waals surface area contributed by atoms with Crippen LogP contribution in [0.5, 0.6) is 0 Å². The Morgan fingerprint density at radius 2 is 2.50 bits per heavy atom. The molecule has 4 nitrogen and oxygen atoms in total. The first-order valence-corrected chi connectivity index (χ1v) is 4.03. The largest absolute Gasteiger partial charge is 0.448 e. The zero-order valence-electron chi connectivity index (χ0n) is 6.37. The number of carbonyl (C=O) groups excluding carboxylic acids is 1. The van der Waals surface area contributed by atoms with Crippen molar-refractivity contribution in [3.05, 3.63) is 22.6 Å². The Balaban J connectivity index is 2.52. The molecule has 1 amide bonds. The number of halogens is 1. The zero-order chi connectivity index (χ0) is 8.97. The van der Waals surface area contributed by atoms with Crippen LogP contribution in [-0.2, 0) is 4.79 Å². The molecule has 0 aromatic carbocycles. The van der Waals surface area contributed by atoms with E-state index in [-0.39, 0.29) is 5.91 Å². The van der Waals surface area contributed by atoms with E-state index < -0.39 is 0 Å². The molecule has 0 aliphatic carbocycles. The Labute approximate surface area is 77.8 Å². The highest BCUT2D eigenvalue weighted by atomic mass is 79.9. The SMILES string of the molecule is CC(=O)N/N=C\c1ccc(Br)o1. The van der Waals surface area contributed by atoms with Gasteiger partial charge in [0.15, 0.2) is 4.67 Å². The molecule has 1 aromatic heterocycles. The molecule has 0 radical (unpaired) electrons. The highest BCUT2D eigenvalue weighted by Gasteiger charge is 1.94. The van der Waals surface area contributed by atoms with E-state index in [0.29, 0.717) is 10.4 Å². The van der Waals surface area contributed by atoms with Gasteiger partial charge in [-0.15, -0.1) is 0 Å². The minimum Gasteiger partial charge on any atom is -0.448 e. The van der Waals surface area contributed by atoms with Crippen LogP contribution in [0.4, 0.5) is 0 Å². The van der Waals surface area contributed by atoms with Crippen LogP contribution in [0.3, 0.4) is 0 Å². The fourth-order valence-electron chi connectivity index (χ4n) is 0.584. The van der Waals surface area contributed by atoms with E-state index in [2.05, 4.69) is 26.5 Å². The van der Waals surface area contributed by atoms with Gasteiger partial charge in [0.1, 0.15) is 5.76 Å². The van der Waals surface area contributed by atoms with E-state index in [1.807, 2.05) is 0 Å². The molecular formula is C7H7BrN2O2. The molecular weight excluding hydrogens is 224 g/mol. The van der Waals surface area contributed by atoms with Gasteiger partial charge in [0.05, 0.1) is 6.21 Å². The summed E-state index contributed by atoms with van der Waals surface area (Å²) in [7, 11) is 0. The zero-order valence-corrected chi connectivity index (χ0v) is 7.96. The molecule has 0 bridgehead atoms. The van der Waals surface area contributed by atoms with Crippen molar-refractivity contribution in [1.29, 1.82) is 0 Å². The van der Waals surface area contributed by atoms with Gasteiger partial charge in [-0.25, -0.2) is 5.43 Å². The van der Waals surface area contributed by atoms with E-state index in [1.54, 1.807) is 12.1 Å². The summed E-state index contributed by atoms with van der Waals surface area (Å²) in [6.45, 7) is 1.38. The van der Waals surface area contributed by atoms with Crippen LogP contribution in [0.2, 0.25) is 0 Å². The van der Waals surface area contributed by atoms with Crippen molar-refractivity contribution in [2.75, 3.05) is 0 Å². The second-order valence-corrected chi connectivity index (χ2v) is 2.85. The molecule has 1 rings (SSSR count). The maximum Gasteiger partial charge on any atom is 0.236 e. The lowest BCUT2D eigenvalue weighted by Gasteiger charge is -1.88. The number of furan rings is 1. The molecule has 1 N–H and O–H groups in total. The van der Waals surface area contributed by atoms with Crippen LogP contribution in [0.15, 0.2) is 26.3 Å². The third kappa shape index (κ3) is 2.87. The third-order valence-electron chi connectivity index (χ3n) is 1.01. The Bertz CT molecular complexity index is 306. The maximum atomic E-state index is 10.4. The number of rotatable bonds is 2. The summed E-state index contributed by atoms with van der Waals surface area (Å²) in [6, 6.07) is 3.48. The Hall–Kier alpha value is -1.10. The van der Waals surface area contributed by atoms with Crippen molar-refractivity contribution in [2.24, 2.45) is 5.10 Å². The molecule has 0 spiro atoms. The van der Waals surface area contributed by atoms with Crippen LogP contribution < -0.4 is 5.43 Å². The standard InChI is InChI=1S/C7H7BrN2O2/c1-5(11)10-9-4-6-2-3-7(8)12-6/h2-4H,1H3,(H,10,11)/b9-4-. The minimum atomic E-state index is -0.211. The monoisotopic (exact) mass is 230 g/mol. The lowest BCUT2D eigenvalue weighted by atomic mass is 10.5. The fourth-order valence-corrected chi connectivity index (χ4v) is 0.904. The van der Waals surface area contributed by atoms with Gasteiger partial charge < -0.3 is 4.42 Å². The van der Waals surface area contributed by atoms with E-state index >= 15 is 0 Å². The molecule has 64 valence electrons. The second-order valence-electron chi connectivity index (χ2n) is 2.07. The summed E-state index contributed by atoms with van der Waals surface area (Å²) in [5.74, 6) is 0.368. The number of hydrazone groups is 1. The van der Waals surface area contributed by atoms with Crippen LogP contribution >= 0.6 is 15.9 Å². The first-order chi connectivity index (χ1) is 5.68. The van der Waals surface area contributed by atoms with Gasteiger partial charge in [0.25, 0.3) is 0 Å². The molecule has 0 aliphatic rings. The van der Waals surface area contributed by atoms with E-state index in [9.17, 15) is 4.79 Å². The smallest absolute Gasteiger partial charge is 0.236 e. The van der Waals surface area contributed by atoms with E-state index in [0.717, 1.165) is 0 Å². The van der Waals surface area contributed by atoms with Crippen molar-refractivity contribution in [3.63, 3.8) is 0 Å². The van der Waals surface area contributed by atoms with Crippen LogP contribution in [0, 0.1) is 0 Å². The number of carbonyl (C=O) groups is 1. The number of hydrogen-bond acceptors (Lipinski definition) is 3. The molecule has 1 heterocycles. The molecule has 1 aromatic rings. The molecule has 12 heavy (non-hydrogen) atoms. The van der Waals surface area contributed by atoms with Gasteiger partial charge in [-0.05, 0) is 28.1 Å². The van der Waals surface area contributed by atoms with Gasteiger partial charge in [-0.2, -0.15) is 5.10 Å². The van der Waals surface area contributed by atoms with Crippen molar-refractivity contribution in [1.82, 2.24) is 5.43 Å². The third-order valence-corrected chi connectivity index (χ3v) is 1.43. The average Bonchev–Trinajstić information content (AvgIpc) is 2.35. The average molecular weight is 231 g/mol. The number of hydrogen-bond donors (Lipinski definition) is 1. The Kier molecular flexibility index (Phi) is 3.04. The van der Waals surface area contributed by atoms with Gasteiger partial charge in [-0.1, -0.05) is 0 Å². The van der Waals surface area contributed by atoms with Crippen molar-refractivity contribution < 1.29 is 9.21 Å². The maximum absolute atomic E-state index is 10.4. The van der Waals surface area contributed by atoms with E-state index in [4.69, 9.17) is 4.42 Å². The molecule has 0 saturated heterocycles. The van der Waals surface area contributed by atoms with Gasteiger partial charge in [0.2, 0.25) is 5.91 Å². The van der Waals surface area contributed by atoms with Crippen LogP contribution in [0.25, 0.3) is 0 Å². The first-order valence-electron chi connectivity index (χ1n) is 3.23. The predicted molar refractivity (Wildman–Crippen MR) is 47.8 cm³/mol. The number of nitrogens with one attached hydrogen (secondary N) is 1. The van der Waals surface area contributed by atoms with Crippen molar-refractivity contribution in [3.8, 4) is 0 Å². The molecule has 0 aliphatic heterocycles. The summed E-state index contributed by atoms with van der Waals surface area (Å²) in [4.78, 5) is 10.4. The number of amides is 1. The first kappa shape index (κ1) is 8.99. The fraction of sp³-hybridized carbons (Fsp3) is 0.143. The summed E-state index contributed by atoms with van der Waals surface area (Å²) in [5, 5.41) is 3.62. The van der Waals surface area contributed by atoms with Crippen LogP contribution in [-0.4, -0.2) is 12.1 Å². The lowest BCUT2D eigenvalue weighted by Crippen LogP contribution is -2.12. The quantitative estimate of drug-likeness (QED) is 0.619. The highest BCUT2D eigenvalue weighted by Crippen LogP contribution is 2.11.